The molecule has 1 fully saturated rings. The lowest BCUT2D eigenvalue weighted by Gasteiger charge is -2.34. The summed E-state index contributed by atoms with van der Waals surface area (Å²) < 4.78 is 27.0. The number of aliphatic hydroxyl groups is 1. The van der Waals surface area contributed by atoms with E-state index in [1.807, 2.05) is 0 Å². The lowest BCUT2D eigenvalue weighted by atomic mass is 9.94. The van der Waals surface area contributed by atoms with Crippen molar-refractivity contribution in [3.63, 3.8) is 0 Å². The van der Waals surface area contributed by atoms with Crippen molar-refractivity contribution in [3.8, 4) is 0 Å². The average molecular weight is 317 g/mol. The number of piperidine rings is 1. The fraction of sp³-hybridized carbons (Fsp3) is 0.429. The van der Waals surface area contributed by atoms with Gasteiger partial charge in [0.05, 0.1) is 12.0 Å². The predicted octanol–water partition coefficient (Wildman–Crippen LogP) is 0.933. The van der Waals surface area contributed by atoms with Crippen LogP contribution in [-0.2, 0) is 16.1 Å². The third kappa shape index (κ3) is 4.74. The first-order chi connectivity index (χ1) is 10.4. The van der Waals surface area contributed by atoms with E-state index in [2.05, 4.69) is 0 Å². The van der Waals surface area contributed by atoms with Gasteiger partial charge in [0.2, 0.25) is 0 Å². The maximum atomic E-state index is 13.5. The Labute approximate surface area is 125 Å². The second-order valence-corrected chi connectivity index (χ2v) is 4.84. The van der Waals surface area contributed by atoms with Crippen LogP contribution in [0.4, 0.5) is 8.78 Å². The maximum Gasteiger partial charge on any atom is 0.310 e. The summed E-state index contributed by atoms with van der Waals surface area (Å²) in [6, 6.07) is 3.63. The van der Waals surface area contributed by atoms with Gasteiger partial charge in [-0.2, -0.15) is 0 Å². The minimum absolute atomic E-state index is 0.00894. The number of aliphatic hydroxyl groups excluding tert-OH is 1. The number of hydrogen-bond acceptors (Lipinski definition) is 4. The van der Waals surface area contributed by atoms with E-state index in [4.69, 9.17) is 15.0 Å². The summed E-state index contributed by atoms with van der Waals surface area (Å²) in [7, 11) is 0. The van der Waals surface area contributed by atoms with Gasteiger partial charge in [-0.3, -0.25) is 14.5 Å². The van der Waals surface area contributed by atoms with Gasteiger partial charge in [-0.1, -0.05) is 6.07 Å². The predicted molar refractivity (Wildman–Crippen MR) is 72.1 cm³/mol. The molecule has 0 aromatic heterocycles. The molecule has 0 radical (unpaired) electrons. The zero-order valence-electron chi connectivity index (χ0n) is 11.7. The molecule has 2 atom stereocenters. The number of carboxylic acid groups (broad SMARTS) is 2. The number of halogens is 2. The van der Waals surface area contributed by atoms with E-state index in [0.29, 0.717) is 6.54 Å². The summed E-state index contributed by atoms with van der Waals surface area (Å²) in [5.74, 6) is -3.29. The summed E-state index contributed by atoms with van der Waals surface area (Å²) in [6.45, 7) is 0.262. The molecule has 0 saturated carbocycles. The van der Waals surface area contributed by atoms with E-state index in [9.17, 15) is 18.7 Å². The van der Waals surface area contributed by atoms with Crippen LogP contribution in [0.3, 0.4) is 0 Å². The molecule has 1 saturated heterocycles. The number of hydrogen-bond donors (Lipinski definition) is 3. The third-order valence-electron chi connectivity index (χ3n) is 3.42. The number of carbonyl (C=O) groups is 2. The highest BCUT2D eigenvalue weighted by Gasteiger charge is 2.33. The molecular weight excluding hydrogens is 300 g/mol. The minimum atomic E-state index is -1.09. The Balaban J connectivity index is 0.000000745. The molecule has 0 bridgehead atoms. The van der Waals surface area contributed by atoms with Gasteiger partial charge in [-0.05, 0) is 18.6 Å². The molecular formula is C14H17F2NO5. The third-order valence-corrected chi connectivity index (χ3v) is 3.42. The smallest absolute Gasteiger partial charge is 0.310 e. The van der Waals surface area contributed by atoms with E-state index in [1.54, 1.807) is 4.90 Å². The summed E-state index contributed by atoms with van der Waals surface area (Å²) >= 11 is 0. The summed E-state index contributed by atoms with van der Waals surface area (Å²) in [5.41, 5.74) is -0.0666. The van der Waals surface area contributed by atoms with Crippen LogP contribution in [-0.4, -0.2) is 51.9 Å². The quantitative estimate of drug-likeness (QED) is 0.718. The van der Waals surface area contributed by atoms with Crippen molar-refractivity contribution >= 4 is 12.4 Å². The Bertz CT molecular complexity index is 506. The normalized spacial score (nSPS) is 21.6. The molecule has 0 spiro atoms. The van der Waals surface area contributed by atoms with Crippen molar-refractivity contribution in [1.82, 2.24) is 4.90 Å². The highest BCUT2D eigenvalue weighted by atomic mass is 19.1. The summed E-state index contributed by atoms with van der Waals surface area (Å²) in [5, 5.41) is 25.4. The molecule has 0 unspecified atom stereocenters. The van der Waals surface area contributed by atoms with Crippen molar-refractivity contribution in [1.29, 1.82) is 0 Å². The van der Waals surface area contributed by atoms with Crippen LogP contribution < -0.4 is 0 Å². The van der Waals surface area contributed by atoms with Crippen molar-refractivity contribution in [2.75, 3.05) is 13.1 Å². The zero-order chi connectivity index (χ0) is 16.7. The summed E-state index contributed by atoms with van der Waals surface area (Å²) in [4.78, 5) is 21.0. The van der Waals surface area contributed by atoms with Crippen molar-refractivity contribution < 1.29 is 33.7 Å². The van der Waals surface area contributed by atoms with Gasteiger partial charge < -0.3 is 15.3 Å². The molecule has 1 aliphatic heterocycles. The molecule has 0 amide bonds. The number of benzene rings is 1. The standard InChI is InChI=1S/C13H15F2NO3.CH2O2/c14-10-2-1-3-11(15)8(10)6-16-5-4-12(17)9(7-16)13(18)19;2-1-3/h1-3,9,12,17H,4-7H2,(H,18,19);1H,(H,2,3)/t9-,12+;/m1./s1. The SMILES string of the molecule is O=C(O)[C@@H]1CN(Cc2c(F)cccc2F)CC[C@@H]1O.O=CO. The number of rotatable bonds is 3. The molecule has 8 heteroatoms. The van der Waals surface area contributed by atoms with Gasteiger partial charge in [0.1, 0.15) is 11.6 Å². The largest absolute Gasteiger partial charge is 0.483 e. The van der Waals surface area contributed by atoms with E-state index >= 15 is 0 Å². The molecule has 1 aromatic rings. The molecule has 2 rings (SSSR count). The second-order valence-electron chi connectivity index (χ2n) is 4.84. The van der Waals surface area contributed by atoms with Crippen LogP contribution in [0.5, 0.6) is 0 Å². The Hall–Kier alpha value is -2.06. The first-order valence-corrected chi connectivity index (χ1v) is 6.54. The molecule has 1 aromatic carbocycles. The molecule has 1 heterocycles. The van der Waals surface area contributed by atoms with Crippen LogP contribution in [0, 0.1) is 17.6 Å². The fourth-order valence-electron chi connectivity index (χ4n) is 2.30. The first-order valence-electron chi connectivity index (χ1n) is 6.54. The number of nitrogens with zero attached hydrogens (tertiary/aromatic N) is 1. The fourth-order valence-corrected chi connectivity index (χ4v) is 2.30. The van der Waals surface area contributed by atoms with Crippen LogP contribution in [0.2, 0.25) is 0 Å². The number of likely N-dealkylation sites (tertiary alicyclic amines) is 1. The van der Waals surface area contributed by atoms with Gasteiger partial charge in [-0.25, -0.2) is 8.78 Å². The lowest BCUT2D eigenvalue weighted by Crippen LogP contribution is -2.46. The van der Waals surface area contributed by atoms with Crippen molar-refractivity contribution in [3.05, 3.63) is 35.4 Å². The Morgan fingerprint density at radius 1 is 1.36 bits per heavy atom. The van der Waals surface area contributed by atoms with Crippen LogP contribution in [0.25, 0.3) is 0 Å². The van der Waals surface area contributed by atoms with Gasteiger partial charge in [-0.15, -0.1) is 0 Å². The molecule has 1 aliphatic rings. The van der Waals surface area contributed by atoms with Gasteiger partial charge in [0.25, 0.3) is 6.47 Å². The first kappa shape index (κ1) is 18.0. The van der Waals surface area contributed by atoms with E-state index < -0.39 is 29.6 Å². The summed E-state index contributed by atoms with van der Waals surface area (Å²) in [6.07, 6.45) is -0.619. The minimum Gasteiger partial charge on any atom is -0.483 e. The average Bonchev–Trinajstić information content (AvgIpc) is 2.45. The maximum absolute atomic E-state index is 13.5. The number of aliphatic carboxylic acids is 1. The number of carboxylic acids is 1. The Morgan fingerprint density at radius 2 is 1.91 bits per heavy atom. The van der Waals surface area contributed by atoms with Crippen molar-refractivity contribution in [2.45, 2.75) is 19.1 Å². The Morgan fingerprint density at radius 3 is 2.41 bits per heavy atom. The lowest BCUT2D eigenvalue weighted by molar-refractivity contribution is -0.149. The zero-order valence-corrected chi connectivity index (χ0v) is 11.7. The van der Waals surface area contributed by atoms with Crippen LogP contribution in [0.1, 0.15) is 12.0 Å². The highest BCUT2D eigenvalue weighted by Crippen LogP contribution is 2.21. The van der Waals surface area contributed by atoms with E-state index in [0.717, 1.165) is 0 Å². The second kappa shape index (κ2) is 8.40. The van der Waals surface area contributed by atoms with Gasteiger partial charge >= 0.3 is 5.97 Å². The monoisotopic (exact) mass is 317 g/mol. The van der Waals surface area contributed by atoms with Crippen LogP contribution in [0.15, 0.2) is 18.2 Å². The molecule has 22 heavy (non-hydrogen) atoms. The van der Waals surface area contributed by atoms with Crippen LogP contribution >= 0.6 is 0 Å². The van der Waals surface area contributed by atoms with Gasteiger partial charge in [0, 0.05) is 25.2 Å². The molecule has 122 valence electrons. The van der Waals surface area contributed by atoms with E-state index in [1.165, 1.54) is 18.2 Å². The van der Waals surface area contributed by atoms with Crippen molar-refractivity contribution in [2.24, 2.45) is 5.92 Å². The highest BCUT2D eigenvalue weighted by molar-refractivity contribution is 5.71. The topological polar surface area (TPSA) is 98.1 Å². The molecule has 0 aliphatic carbocycles. The molecule has 3 N–H and O–H groups in total. The Kier molecular flexibility index (Phi) is 6.87. The molecule has 6 nitrogen and oxygen atoms in total. The van der Waals surface area contributed by atoms with E-state index in [-0.39, 0.29) is 31.5 Å². The van der Waals surface area contributed by atoms with Gasteiger partial charge in [0.15, 0.2) is 0 Å².